The maximum absolute atomic E-state index is 11.8. The summed E-state index contributed by atoms with van der Waals surface area (Å²) in [6.07, 6.45) is 3.31. The van der Waals surface area contributed by atoms with Gasteiger partial charge in [0.1, 0.15) is 5.60 Å². The van der Waals surface area contributed by atoms with Crippen molar-refractivity contribution in [3.63, 3.8) is 0 Å². The molecule has 1 saturated carbocycles. The van der Waals surface area contributed by atoms with Crippen LogP contribution in [0.15, 0.2) is 22.8 Å². The number of halogens is 1. The number of carbonyl (C=O) groups excluding carboxylic acids is 1. The molecule has 0 aromatic carbocycles. The fourth-order valence-corrected chi connectivity index (χ4v) is 3.42. The molecule has 1 aromatic heterocycles. The van der Waals surface area contributed by atoms with Gasteiger partial charge in [0, 0.05) is 10.7 Å². The molecule has 1 aliphatic carbocycles. The quantitative estimate of drug-likeness (QED) is 0.840. The Hall–Kier alpha value is -0.940. The first-order chi connectivity index (χ1) is 9.28. The summed E-state index contributed by atoms with van der Waals surface area (Å²) in [7, 11) is 1.41. The molecule has 1 heterocycles. The van der Waals surface area contributed by atoms with Crippen molar-refractivity contribution >= 4 is 21.9 Å². The Bertz CT molecular complexity index is 500. The highest BCUT2D eigenvalue weighted by molar-refractivity contribution is 9.10. The number of rotatable bonds is 2. The van der Waals surface area contributed by atoms with Gasteiger partial charge in [-0.15, -0.1) is 0 Å². The van der Waals surface area contributed by atoms with Crippen molar-refractivity contribution in [1.82, 2.24) is 4.98 Å². The number of methoxy groups -OCH3 is 1. The van der Waals surface area contributed by atoms with Crippen LogP contribution >= 0.6 is 15.9 Å². The van der Waals surface area contributed by atoms with Gasteiger partial charge in [0.25, 0.3) is 0 Å². The number of nitrogens with zero attached hydrogens (tertiary/aromatic N) is 1. The fourth-order valence-electron chi connectivity index (χ4n) is 3.19. The molecule has 0 bridgehead atoms. The Balaban J connectivity index is 2.25. The molecule has 1 fully saturated rings. The van der Waals surface area contributed by atoms with E-state index in [9.17, 15) is 9.90 Å². The molecule has 0 unspecified atom stereocenters. The van der Waals surface area contributed by atoms with Gasteiger partial charge in [0.15, 0.2) is 0 Å². The van der Waals surface area contributed by atoms with Crippen molar-refractivity contribution < 1.29 is 14.6 Å². The lowest BCUT2D eigenvalue weighted by Crippen LogP contribution is -2.45. The summed E-state index contributed by atoms with van der Waals surface area (Å²) in [5, 5.41) is 10.9. The molecule has 20 heavy (non-hydrogen) atoms. The van der Waals surface area contributed by atoms with Crippen LogP contribution in [-0.4, -0.2) is 23.2 Å². The molecule has 0 amide bonds. The third-order valence-corrected chi connectivity index (χ3v) is 4.70. The molecule has 1 aromatic rings. The number of carbonyl (C=O) groups is 1. The molecular formula is C15H20BrNO3. The number of esters is 1. The zero-order chi connectivity index (χ0) is 15.0. The van der Waals surface area contributed by atoms with Crippen LogP contribution in [0.2, 0.25) is 0 Å². The summed E-state index contributed by atoms with van der Waals surface area (Å²) in [5.74, 6) is -0.371. The summed E-state index contributed by atoms with van der Waals surface area (Å²) >= 11 is 3.34. The number of hydrogen-bond acceptors (Lipinski definition) is 4. The van der Waals surface area contributed by atoms with Gasteiger partial charge in [-0.05, 0) is 52.7 Å². The molecule has 2 atom stereocenters. The average Bonchev–Trinajstić information content (AvgIpc) is 2.37. The smallest absolute Gasteiger partial charge is 0.309 e. The third kappa shape index (κ3) is 2.88. The Labute approximate surface area is 127 Å². The van der Waals surface area contributed by atoms with Crippen molar-refractivity contribution in [2.24, 2.45) is 11.3 Å². The lowest BCUT2D eigenvalue weighted by atomic mass is 9.62. The molecule has 2 rings (SSSR count). The van der Waals surface area contributed by atoms with E-state index in [0.29, 0.717) is 25.0 Å². The van der Waals surface area contributed by atoms with Gasteiger partial charge in [-0.1, -0.05) is 13.8 Å². The number of hydrogen-bond donors (Lipinski definition) is 1. The average molecular weight is 342 g/mol. The van der Waals surface area contributed by atoms with Gasteiger partial charge >= 0.3 is 5.97 Å². The SMILES string of the molecule is COC(=O)[C@@H]1CC[C@@](O)(c2ccc(Br)cn2)CC1(C)C. The van der Waals surface area contributed by atoms with Gasteiger partial charge in [-0.25, -0.2) is 0 Å². The van der Waals surface area contributed by atoms with E-state index in [4.69, 9.17) is 4.74 Å². The van der Waals surface area contributed by atoms with Crippen LogP contribution in [-0.2, 0) is 15.1 Å². The van der Waals surface area contributed by atoms with E-state index >= 15 is 0 Å². The van der Waals surface area contributed by atoms with Crippen molar-refractivity contribution in [1.29, 1.82) is 0 Å². The van der Waals surface area contributed by atoms with E-state index in [1.165, 1.54) is 7.11 Å². The van der Waals surface area contributed by atoms with Gasteiger partial charge in [-0.2, -0.15) is 0 Å². The molecule has 0 radical (unpaired) electrons. The van der Waals surface area contributed by atoms with Gasteiger partial charge in [-0.3, -0.25) is 9.78 Å². The van der Waals surface area contributed by atoms with E-state index in [1.54, 1.807) is 6.20 Å². The number of pyridine rings is 1. The Kier molecular flexibility index (Phi) is 4.21. The van der Waals surface area contributed by atoms with Crippen LogP contribution in [0.4, 0.5) is 0 Å². The predicted octanol–water partition coefficient (Wildman–Crippen LogP) is 3.03. The second-order valence-corrected chi connectivity index (χ2v) is 7.09. The Morgan fingerprint density at radius 1 is 1.50 bits per heavy atom. The van der Waals surface area contributed by atoms with E-state index in [2.05, 4.69) is 20.9 Å². The van der Waals surface area contributed by atoms with Gasteiger partial charge < -0.3 is 9.84 Å². The summed E-state index contributed by atoms with van der Waals surface area (Å²) in [5.41, 5.74) is -0.638. The first-order valence-corrected chi connectivity index (χ1v) is 7.50. The summed E-state index contributed by atoms with van der Waals surface area (Å²) < 4.78 is 5.75. The second-order valence-electron chi connectivity index (χ2n) is 6.17. The zero-order valence-electron chi connectivity index (χ0n) is 12.0. The van der Waals surface area contributed by atoms with Crippen LogP contribution in [0.25, 0.3) is 0 Å². The highest BCUT2D eigenvalue weighted by atomic mass is 79.9. The highest BCUT2D eigenvalue weighted by Gasteiger charge is 2.48. The molecule has 4 nitrogen and oxygen atoms in total. The maximum Gasteiger partial charge on any atom is 0.309 e. The normalized spacial score (nSPS) is 28.9. The molecular weight excluding hydrogens is 322 g/mol. The van der Waals surface area contributed by atoms with Crippen LogP contribution < -0.4 is 0 Å². The van der Waals surface area contributed by atoms with Gasteiger partial charge in [0.05, 0.1) is 18.7 Å². The lowest BCUT2D eigenvalue weighted by Gasteiger charge is -2.45. The largest absolute Gasteiger partial charge is 0.469 e. The number of aliphatic hydroxyl groups is 1. The summed E-state index contributed by atoms with van der Waals surface area (Å²) in [4.78, 5) is 16.2. The first-order valence-electron chi connectivity index (χ1n) is 6.71. The highest BCUT2D eigenvalue weighted by Crippen LogP contribution is 2.49. The standard InChI is InChI=1S/C15H20BrNO3/c1-14(2)9-15(19,7-6-11(14)13(18)20-3)12-5-4-10(16)8-17-12/h4-5,8,11,19H,6-7,9H2,1-3H3/t11-,15-/m0/s1. The minimum Gasteiger partial charge on any atom is -0.469 e. The van der Waals surface area contributed by atoms with Crippen molar-refractivity contribution in [3.8, 4) is 0 Å². The van der Waals surface area contributed by atoms with E-state index in [-0.39, 0.29) is 17.3 Å². The van der Waals surface area contributed by atoms with Crippen LogP contribution in [0, 0.1) is 11.3 Å². The molecule has 0 saturated heterocycles. The molecule has 1 N–H and O–H groups in total. The Morgan fingerprint density at radius 3 is 2.70 bits per heavy atom. The monoisotopic (exact) mass is 341 g/mol. The zero-order valence-corrected chi connectivity index (χ0v) is 13.6. The molecule has 0 spiro atoms. The predicted molar refractivity (Wildman–Crippen MR) is 79.0 cm³/mol. The first kappa shape index (κ1) is 15.4. The third-order valence-electron chi connectivity index (χ3n) is 4.23. The topological polar surface area (TPSA) is 59.4 Å². The number of aromatic nitrogens is 1. The van der Waals surface area contributed by atoms with Crippen LogP contribution in [0.3, 0.4) is 0 Å². The van der Waals surface area contributed by atoms with Crippen molar-refractivity contribution in [3.05, 3.63) is 28.5 Å². The molecule has 5 heteroatoms. The summed E-state index contributed by atoms with van der Waals surface area (Å²) in [6.45, 7) is 4.00. The lowest BCUT2D eigenvalue weighted by molar-refractivity contribution is -0.158. The Morgan fingerprint density at radius 2 is 2.20 bits per heavy atom. The van der Waals surface area contributed by atoms with E-state index in [1.807, 2.05) is 26.0 Å². The second kappa shape index (κ2) is 5.45. The maximum atomic E-state index is 11.8. The summed E-state index contributed by atoms with van der Waals surface area (Å²) in [6, 6.07) is 3.71. The molecule has 1 aliphatic rings. The fraction of sp³-hybridized carbons (Fsp3) is 0.600. The van der Waals surface area contributed by atoms with Crippen LogP contribution in [0.5, 0.6) is 0 Å². The van der Waals surface area contributed by atoms with Crippen LogP contribution in [0.1, 0.15) is 38.8 Å². The van der Waals surface area contributed by atoms with Crippen molar-refractivity contribution in [2.45, 2.75) is 38.7 Å². The van der Waals surface area contributed by atoms with Gasteiger partial charge in [0.2, 0.25) is 0 Å². The molecule has 110 valence electrons. The van der Waals surface area contributed by atoms with E-state index < -0.39 is 5.60 Å². The minimum atomic E-state index is -0.977. The van der Waals surface area contributed by atoms with Crippen molar-refractivity contribution in [2.75, 3.05) is 7.11 Å². The van der Waals surface area contributed by atoms with E-state index in [0.717, 1.165) is 4.47 Å². The molecule has 0 aliphatic heterocycles. The minimum absolute atomic E-state index is 0.178. The number of ether oxygens (including phenoxy) is 1.